The van der Waals surface area contributed by atoms with E-state index < -0.39 is 0 Å². The monoisotopic (exact) mass is 387 g/mol. The number of aryl methyl sites for hydroxylation is 2. The molecule has 1 aromatic heterocycles. The van der Waals surface area contributed by atoms with Crippen molar-refractivity contribution in [2.45, 2.75) is 26.9 Å². The van der Waals surface area contributed by atoms with Crippen LogP contribution in [0.5, 0.6) is 0 Å². The number of nitrogens with one attached hydrogen (secondary N) is 1. The van der Waals surface area contributed by atoms with Gasteiger partial charge in [-0.2, -0.15) is 4.98 Å². The van der Waals surface area contributed by atoms with E-state index in [0.29, 0.717) is 5.95 Å². The molecule has 0 atom stereocenters. The highest BCUT2D eigenvalue weighted by Crippen LogP contribution is 2.18. The Balaban J connectivity index is 1.35. The lowest BCUT2D eigenvalue weighted by atomic mass is 10.1. The molecule has 5 nitrogen and oxygen atoms in total. The molecule has 1 aliphatic rings. The zero-order valence-corrected chi connectivity index (χ0v) is 17.3. The molecule has 2 heterocycles. The minimum atomic E-state index is 0.701. The molecule has 1 saturated heterocycles. The first-order valence-corrected chi connectivity index (χ1v) is 10.3. The molecule has 1 fully saturated rings. The summed E-state index contributed by atoms with van der Waals surface area (Å²) in [4.78, 5) is 14.2. The van der Waals surface area contributed by atoms with Crippen molar-refractivity contribution in [3.05, 3.63) is 83.0 Å². The maximum Gasteiger partial charge on any atom is 0.225 e. The summed E-state index contributed by atoms with van der Waals surface area (Å²) in [7, 11) is 0. The van der Waals surface area contributed by atoms with Gasteiger partial charge in [0.2, 0.25) is 5.95 Å². The summed E-state index contributed by atoms with van der Waals surface area (Å²) in [6.45, 7) is 9.95. The van der Waals surface area contributed by atoms with Gasteiger partial charge in [0.15, 0.2) is 0 Å². The normalized spacial score (nSPS) is 14.8. The van der Waals surface area contributed by atoms with Crippen molar-refractivity contribution in [1.82, 2.24) is 14.9 Å². The van der Waals surface area contributed by atoms with Crippen molar-refractivity contribution < 1.29 is 0 Å². The van der Waals surface area contributed by atoms with Crippen LogP contribution in [-0.2, 0) is 13.1 Å². The fraction of sp³-hybridized carbons (Fsp3) is 0.333. The third kappa shape index (κ3) is 5.33. The minimum absolute atomic E-state index is 0.701. The number of anilines is 2. The van der Waals surface area contributed by atoms with E-state index in [1.165, 1.54) is 16.7 Å². The lowest BCUT2D eigenvalue weighted by Gasteiger charge is -2.35. The van der Waals surface area contributed by atoms with E-state index in [1.54, 1.807) is 0 Å². The molecule has 0 aliphatic carbocycles. The summed E-state index contributed by atoms with van der Waals surface area (Å²) >= 11 is 0. The fourth-order valence-corrected chi connectivity index (χ4v) is 3.66. The third-order valence-corrected chi connectivity index (χ3v) is 5.36. The minimum Gasteiger partial charge on any atom is -0.354 e. The maximum absolute atomic E-state index is 4.78. The second kappa shape index (κ2) is 9.05. The molecule has 1 N–H and O–H groups in total. The molecule has 2 aromatic carbocycles. The summed E-state index contributed by atoms with van der Waals surface area (Å²) in [6.07, 6.45) is 0. The highest BCUT2D eigenvalue weighted by atomic mass is 15.3. The third-order valence-electron chi connectivity index (χ3n) is 5.36. The molecular formula is C24H29N5. The van der Waals surface area contributed by atoms with Crippen LogP contribution in [0, 0.1) is 13.8 Å². The van der Waals surface area contributed by atoms with Crippen molar-refractivity contribution in [3.8, 4) is 0 Å². The van der Waals surface area contributed by atoms with E-state index in [4.69, 9.17) is 4.98 Å². The van der Waals surface area contributed by atoms with Crippen molar-refractivity contribution >= 4 is 11.8 Å². The van der Waals surface area contributed by atoms with Gasteiger partial charge in [-0.15, -0.1) is 0 Å². The Morgan fingerprint density at radius 3 is 2.28 bits per heavy atom. The molecule has 5 heteroatoms. The van der Waals surface area contributed by atoms with Crippen molar-refractivity contribution in [3.63, 3.8) is 0 Å². The van der Waals surface area contributed by atoms with E-state index in [9.17, 15) is 0 Å². The molecule has 0 radical (unpaired) electrons. The highest BCUT2D eigenvalue weighted by Gasteiger charge is 2.19. The van der Waals surface area contributed by atoms with Crippen LogP contribution in [0.1, 0.15) is 22.4 Å². The van der Waals surface area contributed by atoms with Crippen molar-refractivity contribution in [2.75, 3.05) is 36.4 Å². The second-order valence-electron chi connectivity index (χ2n) is 7.78. The molecule has 0 bridgehead atoms. The topological polar surface area (TPSA) is 44.3 Å². The Kier molecular flexibility index (Phi) is 6.06. The van der Waals surface area contributed by atoms with Crippen LogP contribution in [0.2, 0.25) is 0 Å². The summed E-state index contributed by atoms with van der Waals surface area (Å²) < 4.78 is 0. The number of hydrogen-bond acceptors (Lipinski definition) is 5. The first-order valence-electron chi connectivity index (χ1n) is 10.3. The Morgan fingerprint density at radius 1 is 0.828 bits per heavy atom. The molecule has 150 valence electrons. The van der Waals surface area contributed by atoms with Gasteiger partial charge in [0.25, 0.3) is 0 Å². The number of nitrogens with zero attached hydrogens (tertiary/aromatic N) is 4. The van der Waals surface area contributed by atoms with Crippen LogP contribution in [0.3, 0.4) is 0 Å². The van der Waals surface area contributed by atoms with Crippen LogP contribution in [-0.4, -0.2) is 41.0 Å². The standard InChI is InChI=1S/C24H29N5/c1-19-8-10-21(11-9-19)17-25-24-26-20(2)16-23(27-24)29-14-12-28(13-15-29)18-22-6-4-3-5-7-22/h3-11,16H,12-15,17-18H2,1-2H3,(H,25,26,27). The van der Waals surface area contributed by atoms with E-state index >= 15 is 0 Å². The zero-order valence-electron chi connectivity index (χ0n) is 17.3. The lowest BCUT2D eigenvalue weighted by Crippen LogP contribution is -2.46. The van der Waals surface area contributed by atoms with Crippen molar-refractivity contribution in [1.29, 1.82) is 0 Å². The lowest BCUT2D eigenvalue weighted by molar-refractivity contribution is 0.249. The average Bonchev–Trinajstić information content (AvgIpc) is 2.74. The molecule has 29 heavy (non-hydrogen) atoms. The first-order chi connectivity index (χ1) is 14.2. The van der Waals surface area contributed by atoms with E-state index in [1.807, 2.05) is 6.92 Å². The molecule has 4 rings (SSSR count). The quantitative estimate of drug-likeness (QED) is 0.692. The van der Waals surface area contributed by atoms with Crippen LogP contribution in [0.25, 0.3) is 0 Å². The SMILES string of the molecule is Cc1ccc(CNc2nc(C)cc(N3CCN(Cc4ccccc4)CC3)n2)cc1. The van der Waals surface area contributed by atoms with Crippen LogP contribution >= 0.6 is 0 Å². The van der Waals surface area contributed by atoms with Gasteiger partial charge in [-0.05, 0) is 25.0 Å². The van der Waals surface area contributed by atoms with Crippen LogP contribution in [0.4, 0.5) is 11.8 Å². The zero-order chi connectivity index (χ0) is 20.1. The molecule has 0 unspecified atom stereocenters. The van der Waals surface area contributed by atoms with Gasteiger partial charge >= 0.3 is 0 Å². The van der Waals surface area contributed by atoms with Crippen LogP contribution in [0.15, 0.2) is 60.7 Å². The predicted octanol–water partition coefficient (Wildman–Crippen LogP) is 4.03. The van der Waals surface area contributed by atoms with Gasteiger partial charge in [0.1, 0.15) is 5.82 Å². The smallest absolute Gasteiger partial charge is 0.225 e. The van der Waals surface area contributed by atoms with Gasteiger partial charge in [-0.25, -0.2) is 4.98 Å². The second-order valence-corrected chi connectivity index (χ2v) is 7.78. The van der Waals surface area contributed by atoms with Crippen LogP contribution < -0.4 is 10.2 Å². The van der Waals surface area contributed by atoms with Crippen molar-refractivity contribution in [2.24, 2.45) is 0 Å². The average molecular weight is 388 g/mol. The summed E-state index contributed by atoms with van der Waals surface area (Å²) in [5, 5.41) is 3.38. The number of aromatic nitrogens is 2. The Morgan fingerprint density at radius 2 is 1.55 bits per heavy atom. The Bertz CT molecular complexity index is 916. The van der Waals surface area contributed by atoms with Gasteiger partial charge < -0.3 is 10.2 Å². The summed E-state index contributed by atoms with van der Waals surface area (Å²) in [5.74, 6) is 1.72. The number of rotatable bonds is 6. The predicted molar refractivity (Wildman–Crippen MR) is 119 cm³/mol. The molecule has 3 aromatic rings. The maximum atomic E-state index is 4.78. The number of benzene rings is 2. The fourth-order valence-electron chi connectivity index (χ4n) is 3.66. The van der Waals surface area contributed by atoms with E-state index in [0.717, 1.165) is 50.8 Å². The molecule has 0 spiro atoms. The van der Waals surface area contributed by atoms with E-state index in [-0.39, 0.29) is 0 Å². The molecule has 1 aliphatic heterocycles. The largest absolute Gasteiger partial charge is 0.354 e. The number of hydrogen-bond donors (Lipinski definition) is 1. The van der Waals surface area contributed by atoms with E-state index in [2.05, 4.69) is 87.7 Å². The number of piperazine rings is 1. The highest BCUT2D eigenvalue weighted by molar-refractivity contribution is 5.45. The van der Waals surface area contributed by atoms with Gasteiger partial charge in [-0.3, -0.25) is 4.90 Å². The summed E-state index contributed by atoms with van der Waals surface area (Å²) in [6, 6.07) is 21.3. The summed E-state index contributed by atoms with van der Waals surface area (Å²) in [5.41, 5.74) is 4.88. The Hall–Kier alpha value is -2.92. The van der Waals surface area contributed by atoms with Gasteiger partial charge in [-0.1, -0.05) is 60.2 Å². The van der Waals surface area contributed by atoms with Gasteiger partial charge in [0.05, 0.1) is 0 Å². The molecule has 0 saturated carbocycles. The molecule has 0 amide bonds. The van der Waals surface area contributed by atoms with Gasteiger partial charge in [0, 0.05) is 51.0 Å². The molecular weight excluding hydrogens is 358 g/mol. The first kappa shape index (κ1) is 19.4. The Labute approximate surface area is 173 Å².